The molecule has 0 spiro atoms. The van der Waals surface area contributed by atoms with Crippen molar-refractivity contribution < 1.29 is 13.2 Å². The van der Waals surface area contributed by atoms with Gasteiger partial charge in [0.15, 0.2) is 5.82 Å². The summed E-state index contributed by atoms with van der Waals surface area (Å²) in [5, 5.41) is 14.1. The molecule has 0 radical (unpaired) electrons. The average molecular weight is 511 g/mol. The summed E-state index contributed by atoms with van der Waals surface area (Å²) in [6, 6.07) is 14.8. The molecule has 0 atom stereocenters. The maximum absolute atomic E-state index is 14.3. The molecule has 5 rings (SSSR count). The van der Waals surface area contributed by atoms with E-state index in [-0.39, 0.29) is 18.7 Å². The minimum absolute atomic E-state index is 0.0813. The van der Waals surface area contributed by atoms with Gasteiger partial charge in [0.05, 0.1) is 12.2 Å². The lowest BCUT2D eigenvalue weighted by Crippen LogP contribution is -2.31. The van der Waals surface area contributed by atoms with E-state index in [1.807, 2.05) is 55.5 Å². The minimum Gasteiger partial charge on any atom is -0.291 e. The molecule has 194 valence electrons. The summed E-state index contributed by atoms with van der Waals surface area (Å²) >= 11 is 0. The Hall–Kier alpha value is -3.69. The van der Waals surface area contributed by atoms with Gasteiger partial charge in [0.25, 0.3) is 0 Å². The summed E-state index contributed by atoms with van der Waals surface area (Å²) in [4.78, 5) is 13.5. The number of tetrazole rings is 1. The van der Waals surface area contributed by atoms with E-state index in [2.05, 4.69) is 20.6 Å². The van der Waals surface area contributed by atoms with Crippen molar-refractivity contribution in [1.82, 2.24) is 29.8 Å². The van der Waals surface area contributed by atoms with Gasteiger partial charge in [0, 0.05) is 11.6 Å². The van der Waals surface area contributed by atoms with E-state index in [1.54, 1.807) is 0 Å². The third-order valence-corrected chi connectivity index (χ3v) is 7.11. The molecule has 2 heterocycles. The second-order valence-electron chi connectivity index (χ2n) is 9.57. The second-order valence-corrected chi connectivity index (χ2v) is 9.57. The molecule has 2 aromatic heterocycles. The number of halogens is 3. The van der Waals surface area contributed by atoms with Gasteiger partial charge in [-0.2, -0.15) is 13.2 Å². The number of rotatable bonds is 7. The molecule has 1 aliphatic rings. The van der Waals surface area contributed by atoms with Crippen molar-refractivity contribution in [2.24, 2.45) is 0 Å². The first-order valence-corrected chi connectivity index (χ1v) is 12.7. The molecule has 0 saturated heterocycles. The molecule has 7 nitrogen and oxygen atoms in total. The number of nitrogens with zero attached hydrogens (tertiary/aromatic N) is 5. The van der Waals surface area contributed by atoms with E-state index in [1.165, 1.54) is 4.57 Å². The first-order chi connectivity index (χ1) is 17.9. The lowest BCUT2D eigenvalue weighted by Gasteiger charge is -2.25. The molecule has 1 N–H and O–H groups in total. The van der Waals surface area contributed by atoms with Crippen LogP contribution in [0.2, 0.25) is 0 Å². The predicted molar refractivity (Wildman–Crippen MR) is 134 cm³/mol. The molecule has 0 bridgehead atoms. The second kappa shape index (κ2) is 10.4. The zero-order valence-electron chi connectivity index (χ0n) is 20.6. The van der Waals surface area contributed by atoms with E-state index in [0.29, 0.717) is 25.1 Å². The van der Waals surface area contributed by atoms with Gasteiger partial charge < -0.3 is 0 Å². The average Bonchev–Trinajstić information content (AvgIpc) is 3.53. The Bertz CT molecular complexity index is 1400. The fraction of sp³-hybridized carbons (Fsp3) is 0.407. The minimum atomic E-state index is -4.59. The molecule has 1 saturated carbocycles. The Morgan fingerprint density at radius 3 is 2.32 bits per heavy atom. The molecule has 4 aromatic rings. The highest BCUT2D eigenvalue weighted by molar-refractivity contribution is 5.80. The number of benzene rings is 2. The summed E-state index contributed by atoms with van der Waals surface area (Å²) in [6.45, 7) is 1.92. The number of hydrogen-bond donors (Lipinski definition) is 1. The third kappa shape index (κ3) is 4.97. The summed E-state index contributed by atoms with van der Waals surface area (Å²) in [5.41, 5.74) is 2.18. The number of alkyl halides is 3. The Morgan fingerprint density at radius 1 is 1.00 bits per heavy atom. The lowest BCUT2D eigenvalue weighted by atomic mass is 9.95. The van der Waals surface area contributed by atoms with Gasteiger partial charge >= 0.3 is 11.9 Å². The fourth-order valence-electron chi connectivity index (χ4n) is 5.43. The van der Waals surface area contributed by atoms with Crippen LogP contribution in [-0.4, -0.2) is 29.8 Å². The van der Waals surface area contributed by atoms with Crippen LogP contribution in [0.1, 0.15) is 68.4 Å². The van der Waals surface area contributed by atoms with Crippen molar-refractivity contribution in [3.05, 3.63) is 76.0 Å². The molecular weight excluding hydrogens is 481 g/mol. The van der Waals surface area contributed by atoms with Crippen molar-refractivity contribution in [2.75, 3.05) is 0 Å². The van der Waals surface area contributed by atoms with Crippen LogP contribution in [0, 0.1) is 0 Å². The predicted octanol–water partition coefficient (Wildman–Crippen LogP) is 6.02. The fourth-order valence-corrected chi connectivity index (χ4v) is 5.43. The van der Waals surface area contributed by atoms with Gasteiger partial charge in [-0.05, 0) is 46.4 Å². The number of aromatic nitrogens is 6. The highest BCUT2D eigenvalue weighted by atomic mass is 19.4. The van der Waals surface area contributed by atoms with Gasteiger partial charge in [0.1, 0.15) is 5.69 Å². The SMILES string of the molecule is CCCc1c(C(F)(F)F)n(C2CCCCC2)c(=O)n1Cc1ccc(-c2ccccc2-c2nnn[nH]2)cc1. The number of hydrogen-bond acceptors (Lipinski definition) is 4. The van der Waals surface area contributed by atoms with E-state index in [4.69, 9.17) is 0 Å². The van der Waals surface area contributed by atoms with Gasteiger partial charge in [-0.3, -0.25) is 9.13 Å². The van der Waals surface area contributed by atoms with Crippen LogP contribution in [0.3, 0.4) is 0 Å². The molecule has 0 amide bonds. The van der Waals surface area contributed by atoms with Crippen LogP contribution in [0.5, 0.6) is 0 Å². The summed E-state index contributed by atoms with van der Waals surface area (Å²) in [6.07, 6.45) is 0.0171. The quantitative estimate of drug-likeness (QED) is 0.330. The zero-order valence-corrected chi connectivity index (χ0v) is 20.6. The highest BCUT2D eigenvalue weighted by Gasteiger charge is 2.42. The molecular formula is C27H29F3N6O. The Morgan fingerprint density at radius 2 is 1.70 bits per heavy atom. The van der Waals surface area contributed by atoms with Crippen LogP contribution in [-0.2, 0) is 19.1 Å². The molecule has 1 fully saturated rings. The molecule has 0 aliphatic heterocycles. The zero-order chi connectivity index (χ0) is 26.0. The molecule has 1 aliphatic carbocycles. The van der Waals surface area contributed by atoms with Crippen LogP contribution in [0.15, 0.2) is 53.3 Å². The Balaban J connectivity index is 1.52. The summed E-state index contributed by atoms with van der Waals surface area (Å²) in [7, 11) is 0. The van der Waals surface area contributed by atoms with Crippen molar-refractivity contribution in [2.45, 2.75) is 70.6 Å². The topological polar surface area (TPSA) is 81.4 Å². The number of aromatic amines is 1. The van der Waals surface area contributed by atoms with E-state index in [9.17, 15) is 18.0 Å². The number of nitrogens with one attached hydrogen (secondary N) is 1. The van der Waals surface area contributed by atoms with Crippen LogP contribution >= 0.6 is 0 Å². The standard InChI is InChI=1S/C27H29F3N6O/c1-2-8-23-24(27(28,29)30)36(20-9-4-3-5-10-20)26(37)35(23)17-18-13-15-19(16-14-18)21-11-6-7-12-22(21)25-31-33-34-32-25/h6-7,11-16,20H,2-5,8-10,17H2,1H3,(H,31,32,33,34). The van der Waals surface area contributed by atoms with Gasteiger partial charge in [-0.15, -0.1) is 5.10 Å². The molecule has 37 heavy (non-hydrogen) atoms. The van der Waals surface area contributed by atoms with Crippen LogP contribution in [0.4, 0.5) is 13.2 Å². The summed E-state index contributed by atoms with van der Waals surface area (Å²) in [5.74, 6) is 0.541. The molecule has 10 heteroatoms. The Kier molecular flexibility index (Phi) is 6.99. The van der Waals surface area contributed by atoms with E-state index in [0.717, 1.165) is 46.1 Å². The first-order valence-electron chi connectivity index (χ1n) is 12.7. The summed E-state index contributed by atoms with van der Waals surface area (Å²) < 4.78 is 45.4. The molecule has 0 unspecified atom stereocenters. The van der Waals surface area contributed by atoms with E-state index < -0.39 is 23.6 Å². The largest absolute Gasteiger partial charge is 0.433 e. The van der Waals surface area contributed by atoms with Crippen molar-refractivity contribution in [3.63, 3.8) is 0 Å². The highest BCUT2D eigenvalue weighted by Crippen LogP contribution is 2.38. The maximum atomic E-state index is 14.3. The van der Waals surface area contributed by atoms with Crippen molar-refractivity contribution in [1.29, 1.82) is 0 Å². The lowest BCUT2D eigenvalue weighted by molar-refractivity contribution is -0.145. The third-order valence-electron chi connectivity index (χ3n) is 7.11. The van der Waals surface area contributed by atoms with Crippen molar-refractivity contribution in [3.8, 4) is 22.5 Å². The Labute approximate surface area is 212 Å². The number of imidazole rings is 1. The van der Waals surface area contributed by atoms with Gasteiger partial charge in [0.2, 0.25) is 0 Å². The maximum Gasteiger partial charge on any atom is 0.433 e. The first kappa shape index (κ1) is 25.0. The van der Waals surface area contributed by atoms with Gasteiger partial charge in [-0.1, -0.05) is 81.1 Å². The molecule has 2 aromatic carbocycles. The normalized spacial score (nSPS) is 14.8. The van der Waals surface area contributed by atoms with Crippen LogP contribution in [0.25, 0.3) is 22.5 Å². The number of H-pyrrole nitrogens is 1. The van der Waals surface area contributed by atoms with E-state index >= 15 is 0 Å². The van der Waals surface area contributed by atoms with Gasteiger partial charge in [-0.25, -0.2) is 9.89 Å². The van der Waals surface area contributed by atoms with Crippen molar-refractivity contribution >= 4 is 0 Å². The van der Waals surface area contributed by atoms with Crippen LogP contribution < -0.4 is 5.69 Å². The smallest absolute Gasteiger partial charge is 0.291 e. The monoisotopic (exact) mass is 510 g/mol.